The molecule has 23 nitrogen and oxygen atoms in total. The Morgan fingerprint density at radius 3 is 1.96 bits per heavy atom. The third-order valence-corrected chi connectivity index (χ3v) is 7.51. The zero-order chi connectivity index (χ0) is 40.2. The van der Waals surface area contributed by atoms with Gasteiger partial charge in [0, 0.05) is 24.7 Å². The molecule has 1 heterocycles. The monoisotopic (exact) mass is 754 g/mol. The first-order chi connectivity index (χ1) is 24.9. The summed E-state index contributed by atoms with van der Waals surface area (Å²) in [5, 5.41) is 33.2. The summed E-state index contributed by atoms with van der Waals surface area (Å²) in [5.74, 6) is -8.94. The van der Waals surface area contributed by atoms with Gasteiger partial charge < -0.3 is 70.0 Å². The van der Waals surface area contributed by atoms with Crippen LogP contribution in [0.4, 0.5) is 0 Å². The van der Waals surface area contributed by atoms with Crippen molar-refractivity contribution in [3.05, 3.63) is 18.2 Å². The standard InChI is InChI=1S/C30H50N12O11/c1-14(38-23(46)12-36-29(51)24(15(2)43)42-26(48)17(32)5-3-4-8-31)25(47)40-19(9-16-11-35-13-37-16)27(49)41-20(10-22(34)45)28(50)39-18(30(52)53)6-7-21(33)44/h11,13-15,17-20,24,43H,3-10,12,31-32H2,1-2H3,(H2,33,44)(H2,34,45)(H,35,37)(H,36,51)(H,38,46)(H,39,50)(H,40,47)(H,41,49)(H,42,48)(H,52,53)/t14-,15+,17-,18-,19-,20-,24-/m0/s1. The number of nitrogens with one attached hydrogen (secondary N) is 7. The fourth-order valence-corrected chi connectivity index (χ4v) is 4.56. The number of imidazole rings is 1. The highest BCUT2D eigenvalue weighted by Gasteiger charge is 2.32. The molecule has 0 aliphatic carbocycles. The molecule has 0 spiro atoms. The second-order valence-corrected chi connectivity index (χ2v) is 12.1. The van der Waals surface area contributed by atoms with Crippen LogP contribution in [0, 0.1) is 0 Å². The number of aromatic amines is 1. The molecule has 7 atom stereocenters. The molecule has 0 aliphatic heterocycles. The molecule has 0 radical (unpaired) electrons. The SMILES string of the molecule is C[C@H](NC(=O)CNC(=O)[C@@H](NC(=O)[C@@H](N)CCCCN)[C@@H](C)O)C(=O)N[C@@H](Cc1cnc[nH]1)C(=O)N[C@@H](CC(N)=O)C(=O)N[C@@H](CCC(N)=O)C(=O)O. The fourth-order valence-electron chi connectivity index (χ4n) is 4.56. The van der Waals surface area contributed by atoms with Crippen molar-refractivity contribution >= 4 is 53.2 Å². The van der Waals surface area contributed by atoms with E-state index in [1.54, 1.807) is 0 Å². The molecule has 53 heavy (non-hydrogen) atoms. The molecule has 8 amide bonds. The molecular weight excluding hydrogens is 704 g/mol. The lowest BCUT2D eigenvalue weighted by Gasteiger charge is -2.25. The number of nitrogens with two attached hydrogens (primary N) is 4. The van der Waals surface area contributed by atoms with E-state index in [1.807, 2.05) is 0 Å². The van der Waals surface area contributed by atoms with Gasteiger partial charge in [-0.05, 0) is 39.7 Å². The van der Waals surface area contributed by atoms with Crippen LogP contribution in [0.2, 0.25) is 0 Å². The van der Waals surface area contributed by atoms with E-state index in [0.717, 1.165) is 0 Å². The van der Waals surface area contributed by atoms with Crippen LogP contribution in [0.15, 0.2) is 12.5 Å². The van der Waals surface area contributed by atoms with Crippen LogP contribution in [0.25, 0.3) is 0 Å². The van der Waals surface area contributed by atoms with Crippen LogP contribution >= 0.6 is 0 Å². The number of primary amides is 2. The van der Waals surface area contributed by atoms with E-state index in [9.17, 15) is 53.4 Å². The molecule has 1 aromatic rings. The van der Waals surface area contributed by atoms with Gasteiger partial charge in [-0.15, -0.1) is 0 Å². The van der Waals surface area contributed by atoms with Gasteiger partial charge in [-0.3, -0.25) is 38.4 Å². The highest BCUT2D eigenvalue weighted by atomic mass is 16.4. The van der Waals surface area contributed by atoms with Gasteiger partial charge in [0.2, 0.25) is 47.3 Å². The molecule has 0 aliphatic rings. The summed E-state index contributed by atoms with van der Waals surface area (Å²) in [5.41, 5.74) is 21.9. The highest BCUT2D eigenvalue weighted by molar-refractivity contribution is 5.97. The second-order valence-electron chi connectivity index (χ2n) is 12.1. The summed E-state index contributed by atoms with van der Waals surface area (Å²) in [6.07, 6.45) is 0.966. The van der Waals surface area contributed by atoms with E-state index < -0.39 is 115 Å². The maximum absolute atomic E-state index is 13.4. The Kier molecular flexibility index (Phi) is 19.7. The number of aliphatic hydroxyl groups is 1. The summed E-state index contributed by atoms with van der Waals surface area (Å²) >= 11 is 0. The van der Waals surface area contributed by atoms with Crippen molar-refractivity contribution in [1.29, 1.82) is 0 Å². The minimum atomic E-state index is -1.71. The molecule has 296 valence electrons. The molecule has 1 rings (SSSR count). The molecule has 0 bridgehead atoms. The minimum Gasteiger partial charge on any atom is -0.480 e. The van der Waals surface area contributed by atoms with Crippen molar-refractivity contribution in [2.24, 2.45) is 22.9 Å². The first-order valence-electron chi connectivity index (χ1n) is 16.5. The van der Waals surface area contributed by atoms with Gasteiger partial charge in [0.1, 0.15) is 30.2 Å². The predicted octanol–water partition coefficient (Wildman–Crippen LogP) is -6.43. The third-order valence-electron chi connectivity index (χ3n) is 7.51. The van der Waals surface area contributed by atoms with Crippen LogP contribution in [0.3, 0.4) is 0 Å². The van der Waals surface area contributed by atoms with Crippen molar-refractivity contribution in [2.45, 2.75) is 101 Å². The molecule has 17 N–H and O–H groups in total. The Hall–Kier alpha value is -5.68. The molecule has 1 aromatic heterocycles. The smallest absolute Gasteiger partial charge is 0.326 e. The van der Waals surface area contributed by atoms with Gasteiger partial charge >= 0.3 is 5.97 Å². The molecule has 0 fully saturated rings. The first kappa shape index (κ1) is 45.3. The van der Waals surface area contributed by atoms with E-state index >= 15 is 0 Å². The van der Waals surface area contributed by atoms with Crippen molar-refractivity contribution in [2.75, 3.05) is 13.1 Å². The number of hydrogen-bond acceptors (Lipinski definition) is 13. The van der Waals surface area contributed by atoms with Crippen LogP contribution in [-0.4, -0.2) is 129 Å². The maximum Gasteiger partial charge on any atom is 0.326 e. The Bertz CT molecular complexity index is 1440. The molecule has 0 saturated heterocycles. The minimum absolute atomic E-state index is 0.237. The van der Waals surface area contributed by atoms with E-state index in [1.165, 1.54) is 26.4 Å². The maximum atomic E-state index is 13.4. The Morgan fingerprint density at radius 2 is 1.42 bits per heavy atom. The number of amides is 8. The van der Waals surface area contributed by atoms with E-state index in [0.29, 0.717) is 31.5 Å². The summed E-state index contributed by atoms with van der Waals surface area (Å²) in [6.45, 7) is 2.23. The lowest BCUT2D eigenvalue weighted by atomic mass is 10.1. The lowest BCUT2D eigenvalue weighted by Crippen LogP contribution is -2.59. The van der Waals surface area contributed by atoms with Gasteiger partial charge in [-0.1, -0.05) is 6.42 Å². The molecule has 0 saturated carbocycles. The summed E-state index contributed by atoms with van der Waals surface area (Å²) in [7, 11) is 0. The number of nitrogens with zero attached hydrogens (tertiary/aromatic N) is 1. The topological polar surface area (TPSA) is 399 Å². The van der Waals surface area contributed by atoms with Crippen molar-refractivity contribution < 1.29 is 53.4 Å². The van der Waals surface area contributed by atoms with Gasteiger partial charge in [0.05, 0.1) is 31.4 Å². The number of aliphatic hydroxyl groups excluding tert-OH is 1. The number of hydrogen-bond donors (Lipinski definition) is 13. The number of carbonyl (C=O) groups excluding carboxylic acids is 8. The van der Waals surface area contributed by atoms with Gasteiger partial charge in [0.15, 0.2) is 0 Å². The summed E-state index contributed by atoms with van der Waals surface area (Å²) < 4.78 is 0. The van der Waals surface area contributed by atoms with E-state index in [2.05, 4.69) is 41.9 Å². The third kappa shape index (κ3) is 17.4. The first-order valence-corrected chi connectivity index (χ1v) is 16.5. The highest BCUT2D eigenvalue weighted by Crippen LogP contribution is 2.05. The van der Waals surface area contributed by atoms with Gasteiger partial charge in [-0.2, -0.15) is 0 Å². The van der Waals surface area contributed by atoms with Crippen LogP contribution in [0.1, 0.15) is 58.1 Å². The molecule has 23 heteroatoms. The average Bonchev–Trinajstić information content (AvgIpc) is 3.59. The van der Waals surface area contributed by atoms with E-state index in [-0.39, 0.29) is 12.8 Å². The average molecular weight is 755 g/mol. The van der Waals surface area contributed by atoms with Crippen LogP contribution < -0.4 is 54.8 Å². The van der Waals surface area contributed by atoms with E-state index in [4.69, 9.17) is 22.9 Å². The quantitative estimate of drug-likeness (QED) is 0.0413. The van der Waals surface area contributed by atoms with Gasteiger partial charge in [0.25, 0.3) is 0 Å². The van der Waals surface area contributed by atoms with Crippen LogP contribution in [0.5, 0.6) is 0 Å². The fraction of sp³-hybridized carbons (Fsp3) is 0.600. The Balaban J connectivity index is 2.96. The normalized spacial score (nSPS) is 14.8. The summed E-state index contributed by atoms with van der Waals surface area (Å²) in [4.78, 5) is 118. The van der Waals surface area contributed by atoms with Crippen molar-refractivity contribution in [3.63, 3.8) is 0 Å². The lowest BCUT2D eigenvalue weighted by molar-refractivity contribution is -0.142. The zero-order valence-electron chi connectivity index (χ0n) is 29.4. The number of aromatic nitrogens is 2. The van der Waals surface area contributed by atoms with Crippen molar-refractivity contribution in [1.82, 2.24) is 41.9 Å². The number of H-pyrrole nitrogens is 1. The summed E-state index contributed by atoms with van der Waals surface area (Å²) in [6, 6.07) is -8.52. The van der Waals surface area contributed by atoms with Gasteiger partial charge in [-0.25, -0.2) is 9.78 Å². The number of rotatable bonds is 25. The Morgan fingerprint density at radius 1 is 0.792 bits per heavy atom. The molecular formula is C30H50N12O11. The predicted molar refractivity (Wildman–Crippen MR) is 183 cm³/mol. The number of carboxylic acid groups (broad SMARTS) is 1. The second kappa shape index (κ2) is 23.0. The largest absolute Gasteiger partial charge is 0.480 e. The zero-order valence-corrected chi connectivity index (χ0v) is 29.4. The number of carbonyl (C=O) groups is 9. The molecule has 0 unspecified atom stereocenters. The number of aliphatic carboxylic acids is 1. The molecule has 0 aromatic carbocycles. The van der Waals surface area contributed by atoms with Crippen LogP contribution in [-0.2, 0) is 49.6 Å². The number of carboxylic acids is 1. The Labute approximate surface area is 303 Å². The van der Waals surface area contributed by atoms with Crippen molar-refractivity contribution in [3.8, 4) is 0 Å². The number of unbranched alkanes of at least 4 members (excludes halogenated alkanes) is 1.